The van der Waals surface area contributed by atoms with Crippen LogP contribution in [0.2, 0.25) is 5.02 Å². The molecule has 0 saturated heterocycles. The molecule has 0 aliphatic rings. The molecule has 1 unspecified atom stereocenters. The summed E-state index contributed by atoms with van der Waals surface area (Å²) in [5.74, 6) is 0.383. The SMILES string of the molecule is CCOc1ccc(Br)cc1C(Br)c1ccc(Cl)cc1F. The lowest BCUT2D eigenvalue weighted by molar-refractivity contribution is 0.337. The minimum Gasteiger partial charge on any atom is -0.494 e. The normalized spacial score (nSPS) is 12.2. The second kappa shape index (κ2) is 6.92. The quantitative estimate of drug-likeness (QED) is 0.539. The van der Waals surface area contributed by atoms with Crippen LogP contribution in [0.4, 0.5) is 4.39 Å². The van der Waals surface area contributed by atoms with Crippen molar-refractivity contribution in [3.05, 3.63) is 62.8 Å². The summed E-state index contributed by atoms with van der Waals surface area (Å²) in [4.78, 5) is -0.307. The summed E-state index contributed by atoms with van der Waals surface area (Å²) in [5, 5.41) is 0.380. The number of ether oxygens (including phenoxy) is 1. The van der Waals surface area contributed by atoms with E-state index < -0.39 is 0 Å². The number of rotatable bonds is 4. The summed E-state index contributed by atoms with van der Waals surface area (Å²) < 4.78 is 20.5. The molecule has 0 aliphatic carbocycles. The number of alkyl halides is 1. The summed E-state index contributed by atoms with van der Waals surface area (Å²) >= 11 is 12.8. The number of hydrogen-bond acceptors (Lipinski definition) is 1. The zero-order valence-corrected chi connectivity index (χ0v) is 14.6. The first-order chi connectivity index (χ1) is 9.52. The van der Waals surface area contributed by atoms with Gasteiger partial charge in [-0.2, -0.15) is 0 Å². The van der Waals surface area contributed by atoms with Gasteiger partial charge >= 0.3 is 0 Å². The smallest absolute Gasteiger partial charge is 0.129 e. The van der Waals surface area contributed by atoms with Crippen LogP contribution in [0.25, 0.3) is 0 Å². The average molecular weight is 423 g/mol. The molecule has 0 bridgehead atoms. The van der Waals surface area contributed by atoms with Crippen molar-refractivity contribution in [2.75, 3.05) is 6.61 Å². The molecule has 2 aromatic carbocycles. The Hall–Kier alpha value is -0.580. The standard InChI is InChI=1S/C15H12Br2ClFO/c1-2-20-14-6-3-9(16)7-12(14)15(17)11-5-4-10(18)8-13(11)19/h3-8,15H,2H2,1H3. The average Bonchev–Trinajstić information content (AvgIpc) is 2.40. The molecule has 5 heteroatoms. The first kappa shape index (κ1) is 15.8. The van der Waals surface area contributed by atoms with Gasteiger partial charge in [0.05, 0.1) is 11.4 Å². The van der Waals surface area contributed by atoms with Crippen molar-refractivity contribution >= 4 is 43.5 Å². The van der Waals surface area contributed by atoms with Crippen molar-refractivity contribution in [3.8, 4) is 5.75 Å². The second-order valence-corrected chi connectivity index (χ2v) is 6.41. The summed E-state index contributed by atoms with van der Waals surface area (Å²) in [6.45, 7) is 2.47. The zero-order valence-electron chi connectivity index (χ0n) is 10.7. The summed E-state index contributed by atoms with van der Waals surface area (Å²) in [5.41, 5.74) is 1.39. The van der Waals surface area contributed by atoms with Crippen LogP contribution < -0.4 is 4.74 Å². The molecule has 0 saturated carbocycles. The van der Waals surface area contributed by atoms with Gasteiger partial charge in [0.25, 0.3) is 0 Å². The van der Waals surface area contributed by atoms with Gasteiger partial charge in [-0.3, -0.25) is 0 Å². The third kappa shape index (κ3) is 3.54. The molecule has 2 aromatic rings. The lowest BCUT2D eigenvalue weighted by Gasteiger charge is -2.17. The third-order valence-corrected chi connectivity index (χ3v) is 4.50. The Balaban J connectivity index is 2.46. The number of halogens is 4. The van der Waals surface area contributed by atoms with Crippen LogP contribution in [0.1, 0.15) is 22.9 Å². The van der Waals surface area contributed by atoms with E-state index in [9.17, 15) is 4.39 Å². The van der Waals surface area contributed by atoms with Gasteiger partial charge in [0.1, 0.15) is 11.6 Å². The van der Waals surface area contributed by atoms with Gasteiger partial charge in [0, 0.05) is 20.6 Å². The maximum absolute atomic E-state index is 14.0. The van der Waals surface area contributed by atoms with Gasteiger partial charge in [0.2, 0.25) is 0 Å². The molecule has 106 valence electrons. The predicted molar refractivity (Wildman–Crippen MR) is 87.5 cm³/mol. The van der Waals surface area contributed by atoms with Crippen LogP contribution in [-0.4, -0.2) is 6.61 Å². The van der Waals surface area contributed by atoms with E-state index in [0.717, 1.165) is 15.8 Å². The van der Waals surface area contributed by atoms with E-state index in [1.807, 2.05) is 25.1 Å². The maximum atomic E-state index is 14.0. The Morgan fingerprint density at radius 1 is 1.20 bits per heavy atom. The zero-order chi connectivity index (χ0) is 14.7. The molecule has 0 amide bonds. The van der Waals surface area contributed by atoms with Crippen molar-refractivity contribution in [2.24, 2.45) is 0 Å². The van der Waals surface area contributed by atoms with E-state index in [1.165, 1.54) is 6.07 Å². The highest BCUT2D eigenvalue weighted by molar-refractivity contribution is 9.10. The third-order valence-electron chi connectivity index (χ3n) is 2.78. The van der Waals surface area contributed by atoms with Crippen molar-refractivity contribution in [1.29, 1.82) is 0 Å². The Morgan fingerprint density at radius 2 is 1.95 bits per heavy atom. The van der Waals surface area contributed by atoms with E-state index in [4.69, 9.17) is 16.3 Å². The largest absolute Gasteiger partial charge is 0.494 e. The van der Waals surface area contributed by atoms with Gasteiger partial charge in [-0.25, -0.2) is 4.39 Å². The Bertz CT molecular complexity index is 619. The molecular weight excluding hydrogens is 410 g/mol. The van der Waals surface area contributed by atoms with E-state index in [2.05, 4.69) is 31.9 Å². The first-order valence-corrected chi connectivity index (χ1v) is 8.13. The Labute approximate surface area is 139 Å². The fraction of sp³-hybridized carbons (Fsp3) is 0.200. The molecule has 2 rings (SSSR count). The van der Waals surface area contributed by atoms with Crippen LogP contribution in [0.15, 0.2) is 40.9 Å². The summed E-state index contributed by atoms with van der Waals surface area (Å²) in [6, 6.07) is 10.3. The van der Waals surface area contributed by atoms with Crippen LogP contribution in [0.5, 0.6) is 5.75 Å². The van der Waals surface area contributed by atoms with Gasteiger partial charge in [-0.1, -0.05) is 49.5 Å². The number of hydrogen-bond donors (Lipinski definition) is 0. The molecule has 0 heterocycles. The molecular formula is C15H12Br2ClFO. The summed E-state index contributed by atoms with van der Waals surface area (Å²) in [7, 11) is 0. The van der Waals surface area contributed by atoms with Gasteiger partial charge in [-0.05, 0) is 37.3 Å². The minimum absolute atomic E-state index is 0.307. The van der Waals surface area contributed by atoms with Crippen LogP contribution in [0, 0.1) is 5.82 Å². The molecule has 1 atom stereocenters. The van der Waals surface area contributed by atoms with Crippen LogP contribution in [0.3, 0.4) is 0 Å². The topological polar surface area (TPSA) is 9.23 Å². The Morgan fingerprint density at radius 3 is 2.60 bits per heavy atom. The van der Waals surface area contributed by atoms with E-state index in [1.54, 1.807) is 12.1 Å². The van der Waals surface area contributed by atoms with E-state index >= 15 is 0 Å². The summed E-state index contributed by atoms with van der Waals surface area (Å²) in [6.07, 6.45) is 0. The van der Waals surface area contributed by atoms with E-state index in [0.29, 0.717) is 17.2 Å². The second-order valence-electron chi connectivity index (χ2n) is 4.14. The van der Waals surface area contributed by atoms with Crippen LogP contribution >= 0.6 is 43.5 Å². The fourth-order valence-electron chi connectivity index (χ4n) is 1.88. The van der Waals surface area contributed by atoms with E-state index in [-0.39, 0.29) is 10.6 Å². The highest BCUT2D eigenvalue weighted by Crippen LogP contribution is 2.39. The van der Waals surface area contributed by atoms with Crippen LogP contribution in [-0.2, 0) is 0 Å². The molecule has 20 heavy (non-hydrogen) atoms. The van der Waals surface area contributed by atoms with Gasteiger partial charge in [-0.15, -0.1) is 0 Å². The highest BCUT2D eigenvalue weighted by atomic mass is 79.9. The van der Waals surface area contributed by atoms with Crippen molar-refractivity contribution in [2.45, 2.75) is 11.8 Å². The monoisotopic (exact) mass is 420 g/mol. The first-order valence-electron chi connectivity index (χ1n) is 6.04. The molecule has 0 N–H and O–H groups in total. The van der Waals surface area contributed by atoms with Gasteiger partial charge in [0.15, 0.2) is 0 Å². The van der Waals surface area contributed by atoms with Crippen molar-refractivity contribution in [3.63, 3.8) is 0 Å². The molecule has 0 aliphatic heterocycles. The number of benzene rings is 2. The lowest BCUT2D eigenvalue weighted by Crippen LogP contribution is -2.01. The molecule has 0 spiro atoms. The minimum atomic E-state index is -0.346. The molecule has 1 nitrogen and oxygen atoms in total. The lowest BCUT2D eigenvalue weighted by atomic mass is 10.0. The van der Waals surface area contributed by atoms with Crippen molar-refractivity contribution in [1.82, 2.24) is 0 Å². The fourth-order valence-corrected chi connectivity index (χ4v) is 3.15. The van der Waals surface area contributed by atoms with Gasteiger partial charge < -0.3 is 4.74 Å². The molecule has 0 aromatic heterocycles. The predicted octanol–water partition coefficient (Wildman–Crippen LogP) is 6.12. The van der Waals surface area contributed by atoms with Crippen molar-refractivity contribution < 1.29 is 9.13 Å². The Kier molecular flexibility index (Phi) is 5.47. The molecule has 0 radical (unpaired) electrons. The highest BCUT2D eigenvalue weighted by Gasteiger charge is 2.19. The maximum Gasteiger partial charge on any atom is 0.129 e. The molecule has 0 fully saturated rings.